The van der Waals surface area contributed by atoms with Crippen molar-refractivity contribution in [3.8, 4) is 0 Å². The van der Waals surface area contributed by atoms with Crippen LogP contribution in [0.5, 0.6) is 0 Å². The molecule has 0 aromatic carbocycles. The number of sulfonamides is 1. The zero-order valence-corrected chi connectivity index (χ0v) is 11.5. The maximum atomic E-state index is 12.3. The first-order chi connectivity index (χ1) is 8.14. The minimum atomic E-state index is -3.46. The van der Waals surface area contributed by atoms with E-state index in [2.05, 4.69) is 4.74 Å². The quantitative estimate of drug-likeness (QED) is 0.502. The van der Waals surface area contributed by atoms with Crippen LogP contribution in [0.2, 0.25) is 0 Å². The van der Waals surface area contributed by atoms with Gasteiger partial charge in [-0.05, 0) is 27.2 Å². The van der Waals surface area contributed by atoms with Gasteiger partial charge in [0.1, 0.15) is 0 Å². The predicted octanol–water partition coefficient (Wildman–Crippen LogP) is 0.136. The van der Waals surface area contributed by atoms with Gasteiger partial charge in [0.25, 0.3) is 0 Å². The Kier molecular flexibility index (Phi) is 3.02. The fraction of sp³-hybridized carbons (Fsp3) is 0.818. The van der Waals surface area contributed by atoms with Crippen molar-refractivity contribution < 1.29 is 22.7 Å². The van der Waals surface area contributed by atoms with Crippen molar-refractivity contribution in [2.45, 2.75) is 31.9 Å². The molecule has 2 atom stereocenters. The van der Waals surface area contributed by atoms with Crippen molar-refractivity contribution in [3.05, 3.63) is 0 Å². The molecule has 6 nitrogen and oxygen atoms in total. The topological polar surface area (TPSA) is 80.8 Å². The lowest BCUT2D eigenvalue weighted by atomic mass is 9.89. The molecular formula is C11H17NO5S. The number of nitrogens with zero attached hydrogens (tertiary/aromatic N) is 1. The van der Waals surface area contributed by atoms with Gasteiger partial charge in [-0.15, -0.1) is 0 Å². The van der Waals surface area contributed by atoms with Crippen molar-refractivity contribution in [1.82, 2.24) is 4.31 Å². The smallest absolute Gasteiger partial charge is 0.318 e. The Balaban J connectivity index is 2.22. The molecule has 0 aromatic heterocycles. The summed E-state index contributed by atoms with van der Waals surface area (Å²) in [6.45, 7) is 5.17. The molecule has 2 aliphatic rings. The van der Waals surface area contributed by atoms with Crippen LogP contribution in [-0.2, 0) is 24.3 Å². The van der Waals surface area contributed by atoms with Crippen molar-refractivity contribution in [1.29, 1.82) is 0 Å². The number of carbonyl (C=O) groups excluding carboxylic acids is 2. The average Bonchev–Trinajstić information content (AvgIpc) is 2.53. The van der Waals surface area contributed by atoms with Crippen molar-refractivity contribution in [2.75, 3.05) is 13.1 Å². The Morgan fingerprint density at radius 1 is 1.17 bits per heavy atom. The Hall–Kier alpha value is -0.950. The molecule has 2 saturated heterocycles. The summed E-state index contributed by atoms with van der Waals surface area (Å²) in [5.74, 6) is -2.22. The molecule has 2 unspecified atom stereocenters. The van der Waals surface area contributed by atoms with Gasteiger partial charge in [0, 0.05) is 13.1 Å². The van der Waals surface area contributed by atoms with Crippen LogP contribution in [-0.4, -0.2) is 42.5 Å². The monoisotopic (exact) mass is 275 g/mol. The van der Waals surface area contributed by atoms with Gasteiger partial charge in [-0.2, -0.15) is 0 Å². The van der Waals surface area contributed by atoms with Gasteiger partial charge >= 0.3 is 11.9 Å². The Labute approximate surface area is 106 Å². The molecule has 2 heterocycles. The Bertz CT molecular complexity index is 490. The van der Waals surface area contributed by atoms with Crippen molar-refractivity contribution >= 4 is 22.0 Å². The summed E-state index contributed by atoms with van der Waals surface area (Å²) in [6.07, 6.45) is 0.352. The van der Waals surface area contributed by atoms with E-state index in [1.165, 1.54) is 4.31 Å². The third-order valence-electron chi connectivity index (χ3n) is 3.50. The lowest BCUT2D eigenvalue weighted by Gasteiger charge is -2.35. The molecule has 7 heteroatoms. The fourth-order valence-corrected chi connectivity index (χ4v) is 3.78. The van der Waals surface area contributed by atoms with E-state index in [1.807, 2.05) is 0 Å². The van der Waals surface area contributed by atoms with Crippen molar-refractivity contribution in [3.63, 3.8) is 0 Å². The highest BCUT2D eigenvalue weighted by Gasteiger charge is 2.50. The Morgan fingerprint density at radius 2 is 1.72 bits per heavy atom. The molecular weight excluding hydrogens is 258 g/mol. The van der Waals surface area contributed by atoms with Crippen molar-refractivity contribution in [2.24, 2.45) is 11.8 Å². The van der Waals surface area contributed by atoms with Crippen LogP contribution in [0.4, 0.5) is 0 Å². The molecule has 0 saturated carbocycles. The van der Waals surface area contributed by atoms with Crippen LogP contribution in [0.25, 0.3) is 0 Å². The summed E-state index contributed by atoms with van der Waals surface area (Å²) >= 11 is 0. The number of hydrogen-bond acceptors (Lipinski definition) is 5. The van der Waals surface area contributed by atoms with Crippen LogP contribution >= 0.6 is 0 Å². The predicted molar refractivity (Wildman–Crippen MR) is 62.9 cm³/mol. The van der Waals surface area contributed by atoms with Gasteiger partial charge in [-0.1, -0.05) is 0 Å². The number of rotatable bonds is 1. The highest BCUT2D eigenvalue weighted by atomic mass is 32.2. The molecule has 18 heavy (non-hydrogen) atoms. The van der Waals surface area contributed by atoms with Crippen LogP contribution < -0.4 is 0 Å². The average molecular weight is 275 g/mol. The van der Waals surface area contributed by atoms with Gasteiger partial charge in [0.05, 0.1) is 16.6 Å². The number of piperidine rings is 1. The second kappa shape index (κ2) is 4.03. The molecule has 2 fully saturated rings. The van der Waals surface area contributed by atoms with Gasteiger partial charge in [0.2, 0.25) is 10.0 Å². The molecule has 0 radical (unpaired) electrons. The number of fused-ring (bicyclic) bond motifs is 1. The number of cyclic esters (lactones) is 2. The molecule has 0 aromatic rings. The SMILES string of the molecule is CC(C)(C)S(=O)(=O)N1CCC2C(=O)OC(=O)C2C1. The molecule has 2 rings (SSSR count). The van der Waals surface area contributed by atoms with Crippen LogP contribution in [0.1, 0.15) is 27.2 Å². The molecule has 0 bridgehead atoms. The van der Waals surface area contributed by atoms with Gasteiger partial charge < -0.3 is 4.74 Å². The standard InChI is InChI=1S/C11H17NO5S/c1-11(2,3)18(15,16)12-5-4-7-8(6-12)10(14)17-9(7)13/h7-8H,4-6H2,1-3H3. The van der Waals surface area contributed by atoms with Gasteiger partial charge in [-0.3, -0.25) is 9.59 Å². The molecule has 0 spiro atoms. The summed E-state index contributed by atoms with van der Waals surface area (Å²) in [5.41, 5.74) is 0. The Morgan fingerprint density at radius 3 is 2.28 bits per heavy atom. The molecule has 0 aliphatic carbocycles. The third kappa shape index (κ3) is 1.95. The van der Waals surface area contributed by atoms with E-state index in [0.717, 1.165) is 0 Å². The zero-order valence-electron chi connectivity index (χ0n) is 10.7. The molecule has 0 N–H and O–H groups in total. The summed E-state index contributed by atoms with van der Waals surface area (Å²) in [4.78, 5) is 22.8. The third-order valence-corrected chi connectivity index (χ3v) is 6.06. The van der Waals surface area contributed by atoms with Crippen LogP contribution in [0, 0.1) is 11.8 Å². The highest BCUT2D eigenvalue weighted by Crippen LogP contribution is 2.34. The molecule has 2 aliphatic heterocycles. The summed E-state index contributed by atoms with van der Waals surface area (Å²) in [5, 5.41) is 0. The van der Waals surface area contributed by atoms with Gasteiger partial charge in [-0.25, -0.2) is 12.7 Å². The number of hydrogen-bond donors (Lipinski definition) is 0. The maximum Gasteiger partial charge on any atom is 0.318 e. The second-order valence-electron chi connectivity index (χ2n) is 5.72. The minimum Gasteiger partial charge on any atom is -0.393 e. The van der Waals surface area contributed by atoms with E-state index in [9.17, 15) is 18.0 Å². The van der Waals surface area contributed by atoms with Gasteiger partial charge in [0.15, 0.2) is 0 Å². The lowest BCUT2D eigenvalue weighted by molar-refractivity contribution is -0.153. The summed E-state index contributed by atoms with van der Waals surface area (Å²) in [6, 6.07) is 0. The van der Waals surface area contributed by atoms with Crippen LogP contribution in [0.3, 0.4) is 0 Å². The van der Waals surface area contributed by atoms with E-state index in [1.54, 1.807) is 20.8 Å². The normalized spacial score (nSPS) is 30.2. The first kappa shape index (κ1) is 13.5. The first-order valence-electron chi connectivity index (χ1n) is 5.90. The number of carbonyl (C=O) groups is 2. The second-order valence-corrected chi connectivity index (χ2v) is 8.41. The largest absolute Gasteiger partial charge is 0.393 e. The zero-order chi connectivity index (χ0) is 13.7. The summed E-state index contributed by atoms with van der Waals surface area (Å²) in [7, 11) is -3.46. The van der Waals surface area contributed by atoms with E-state index < -0.39 is 38.5 Å². The first-order valence-corrected chi connectivity index (χ1v) is 7.34. The molecule has 102 valence electrons. The van der Waals surface area contributed by atoms with E-state index in [-0.39, 0.29) is 13.1 Å². The minimum absolute atomic E-state index is 0.0504. The number of ether oxygens (including phenoxy) is 1. The lowest BCUT2D eigenvalue weighted by Crippen LogP contribution is -2.50. The summed E-state index contributed by atoms with van der Waals surface area (Å²) < 4.78 is 29.5. The van der Waals surface area contributed by atoms with Crippen LogP contribution in [0.15, 0.2) is 0 Å². The molecule has 0 amide bonds. The fourth-order valence-electron chi connectivity index (χ4n) is 2.30. The number of esters is 2. The maximum absolute atomic E-state index is 12.3. The highest BCUT2D eigenvalue weighted by molar-refractivity contribution is 7.90. The van der Waals surface area contributed by atoms with E-state index in [4.69, 9.17) is 0 Å². The van der Waals surface area contributed by atoms with E-state index in [0.29, 0.717) is 6.42 Å². The van der Waals surface area contributed by atoms with E-state index >= 15 is 0 Å².